The highest BCUT2D eigenvalue weighted by Crippen LogP contribution is 2.33. The summed E-state index contributed by atoms with van der Waals surface area (Å²) >= 11 is 0. The molecule has 9 nitrogen and oxygen atoms in total. The maximum absolute atomic E-state index is 13.3. The highest BCUT2D eigenvalue weighted by Gasteiger charge is 2.34. The molecule has 3 heterocycles. The molecule has 0 saturated carbocycles. The minimum atomic E-state index is -0.558. The van der Waals surface area contributed by atoms with Gasteiger partial charge in [-0.1, -0.05) is 32.3 Å². The number of rotatable bonds is 4. The molecule has 1 fully saturated rings. The summed E-state index contributed by atoms with van der Waals surface area (Å²) in [5.74, 6) is -0.0441. The zero-order valence-corrected chi connectivity index (χ0v) is 20.4. The molecule has 2 amide bonds. The van der Waals surface area contributed by atoms with E-state index in [1.807, 2.05) is 30.3 Å². The second kappa shape index (κ2) is 11.0. The van der Waals surface area contributed by atoms with Gasteiger partial charge in [0.25, 0.3) is 0 Å². The quantitative estimate of drug-likeness (QED) is 0.523. The van der Waals surface area contributed by atoms with Crippen LogP contribution in [0.3, 0.4) is 0 Å². The Hall–Kier alpha value is -3.17. The van der Waals surface area contributed by atoms with Crippen molar-refractivity contribution >= 4 is 23.4 Å². The number of aromatic nitrogens is 1. The number of amides is 2. The number of fused-ring (bicyclic) bond motifs is 4. The SMILES string of the molecule is COC(=O)Nc1ccc2c(c1)N[C@@H](C(=O)NCC1(C)COC1)CCCCC[C@H](N)c1cc-2ccn1. The molecule has 2 atom stereocenters. The number of methoxy groups -OCH3 is 1. The molecule has 0 aliphatic carbocycles. The molecule has 2 aromatic rings. The molecule has 0 radical (unpaired) electrons. The summed E-state index contributed by atoms with van der Waals surface area (Å²) in [7, 11) is 1.32. The lowest BCUT2D eigenvalue weighted by Gasteiger charge is -2.38. The molecule has 2 aliphatic rings. The van der Waals surface area contributed by atoms with Crippen molar-refractivity contribution in [2.24, 2.45) is 11.1 Å². The standard InChI is InChI=1S/C26H35N5O4/c1-26(15-35-16-26)14-29-24(32)21-7-5-3-4-6-20(27)23-12-17(10-11-28-23)19-9-8-18(13-22(19)31-21)30-25(33)34-2/h8-13,20-21,31H,3-7,14-16,27H2,1-2H3,(H,29,32)(H,30,33)/t20-,21+/m0/s1. The Morgan fingerprint density at radius 3 is 2.74 bits per heavy atom. The lowest BCUT2D eigenvalue weighted by atomic mass is 9.88. The highest BCUT2D eigenvalue weighted by molar-refractivity contribution is 5.91. The fourth-order valence-electron chi connectivity index (χ4n) is 4.45. The lowest BCUT2D eigenvalue weighted by Crippen LogP contribution is -2.51. The van der Waals surface area contributed by atoms with Crippen molar-refractivity contribution in [1.82, 2.24) is 10.3 Å². The van der Waals surface area contributed by atoms with Crippen molar-refractivity contribution in [2.45, 2.75) is 51.1 Å². The summed E-state index contributed by atoms with van der Waals surface area (Å²) < 4.78 is 10.1. The second-order valence-electron chi connectivity index (χ2n) is 9.81. The van der Waals surface area contributed by atoms with Crippen LogP contribution in [0.1, 0.15) is 50.8 Å². The minimum absolute atomic E-state index is 0.0158. The van der Waals surface area contributed by atoms with E-state index in [0.29, 0.717) is 31.9 Å². The number of carbonyl (C=O) groups is 2. The maximum atomic E-state index is 13.3. The van der Waals surface area contributed by atoms with Gasteiger partial charge in [0.1, 0.15) is 6.04 Å². The highest BCUT2D eigenvalue weighted by atomic mass is 16.5. The number of pyridine rings is 1. The topological polar surface area (TPSA) is 128 Å². The number of carbonyl (C=O) groups excluding carboxylic acids is 2. The van der Waals surface area contributed by atoms with Crippen LogP contribution in [0.2, 0.25) is 0 Å². The number of hydrogen-bond donors (Lipinski definition) is 4. The number of anilines is 2. The van der Waals surface area contributed by atoms with E-state index in [2.05, 4.69) is 27.9 Å². The molecule has 1 aromatic carbocycles. The van der Waals surface area contributed by atoms with Gasteiger partial charge in [0.15, 0.2) is 0 Å². The Balaban J connectivity index is 1.66. The van der Waals surface area contributed by atoms with E-state index in [-0.39, 0.29) is 17.4 Å². The zero-order chi connectivity index (χ0) is 24.8. The van der Waals surface area contributed by atoms with Crippen molar-refractivity contribution in [3.63, 3.8) is 0 Å². The first kappa shape index (κ1) is 24.9. The molecule has 9 heteroatoms. The van der Waals surface area contributed by atoms with Gasteiger partial charge in [0, 0.05) is 41.1 Å². The van der Waals surface area contributed by atoms with Crippen LogP contribution in [-0.4, -0.2) is 49.9 Å². The van der Waals surface area contributed by atoms with Gasteiger partial charge in [0.2, 0.25) is 5.91 Å². The first-order chi connectivity index (χ1) is 16.9. The monoisotopic (exact) mass is 481 g/mol. The summed E-state index contributed by atoms with van der Waals surface area (Å²) in [6.45, 7) is 3.99. The van der Waals surface area contributed by atoms with Crippen LogP contribution in [-0.2, 0) is 14.3 Å². The van der Waals surface area contributed by atoms with Crippen molar-refractivity contribution in [3.05, 3.63) is 42.2 Å². The van der Waals surface area contributed by atoms with Crippen molar-refractivity contribution < 1.29 is 19.1 Å². The van der Waals surface area contributed by atoms with Crippen molar-refractivity contribution in [1.29, 1.82) is 0 Å². The molecule has 1 saturated heterocycles. The van der Waals surface area contributed by atoms with Crippen LogP contribution in [0.4, 0.5) is 16.2 Å². The van der Waals surface area contributed by atoms with Gasteiger partial charge in [-0.15, -0.1) is 0 Å². The van der Waals surface area contributed by atoms with Gasteiger partial charge >= 0.3 is 6.09 Å². The first-order valence-electron chi connectivity index (χ1n) is 12.2. The van der Waals surface area contributed by atoms with Crippen LogP contribution in [0.5, 0.6) is 0 Å². The van der Waals surface area contributed by atoms with Gasteiger partial charge in [-0.3, -0.25) is 15.1 Å². The predicted molar refractivity (Wildman–Crippen MR) is 135 cm³/mol. The molecule has 2 aliphatic heterocycles. The molecule has 1 aromatic heterocycles. The third kappa shape index (κ3) is 6.29. The molecule has 4 rings (SSSR count). The van der Waals surface area contributed by atoms with Gasteiger partial charge in [-0.2, -0.15) is 0 Å². The number of nitrogens with two attached hydrogens (primary N) is 1. The average Bonchev–Trinajstić information content (AvgIpc) is 2.85. The number of ether oxygens (including phenoxy) is 2. The fraction of sp³-hybridized carbons (Fsp3) is 0.500. The fourth-order valence-corrected chi connectivity index (χ4v) is 4.45. The van der Waals surface area contributed by atoms with Gasteiger partial charge in [0.05, 0.1) is 26.0 Å². The van der Waals surface area contributed by atoms with E-state index in [1.54, 1.807) is 6.20 Å². The molecule has 0 unspecified atom stereocenters. The molecular weight excluding hydrogens is 446 g/mol. The Labute approximate surface area is 206 Å². The van der Waals surface area contributed by atoms with Crippen LogP contribution < -0.4 is 21.7 Å². The van der Waals surface area contributed by atoms with Gasteiger partial charge < -0.3 is 25.8 Å². The smallest absolute Gasteiger partial charge is 0.411 e. The Bertz CT molecular complexity index is 1060. The third-order valence-electron chi connectivity index (χ3n) is 6.67. The zero-order valence-electron chi connectivity index (χ0n) is 20.4. The summed E-state index contributed by atoms with van der Waals surface area (Å²) in [5, 5.41) is 9.30. The Morgan fingerprint density at radius 2 is 2.00 bits per heavy atom. The number of benzene rings is 1. The molecule has 0 spiro atoms. The van der Waals surface area contributed by atoms with E-state index in [0.717, 1.165) is 48.2 Å². The van der Waals surface area contributed by atoms with E-state index >= 15 is 0 Å². The molecule has 188 valence electrons. The first-order valence-corrected chi connectivity index (χ1v) is 12.2. The molecule has 35 heavy (non-hydrogen) atoms. The van der Waals surface area contributed by atoms with Crippen LogP contribution in [0.25, 0.3) is 11.1 Å². The van der Waals surface area contributed by atoms with Gasteiger partial charge in [-0.05, 0) is 42.7 Å². The summed E-state index contributed by atoms with van der Waals surface area (Å²) in [4.78, 5) is 29.6. The predicted octanol–water partition coefficient (Wildman–Crippen LogP) is 3.82. The Kier molecular flexibility index (Phi) is 7.87. The van der Waals surface area contributed by atoms with Crippen LogP contribution in [0.15, 0.2) is 36.5 Å². The molecule has 5 N–H and O–H groups in total. The average molecular weight is 482 g/mol. The number of nitrogens with zero attached hydrogens (tertiary/aromatic N) is 1. The summed E-state index contributed by atoms with van der Waals surface area (Å²) in [6, 6.07) is 8.91. The third-order valence-corrected chi connectivity index (χ3v) is 6.67. The van der Waals surface area contributed by atoms with Crippen LogP contribution in [0, 0.1) is 5.41 Å². The largest absolute Gasteiger partial charge is 0.453 e. The van der Waals surface area contributed by atoms with E-state index in [1.165, 1.54) is 7.11 Å². The minimum Gasteiger partial charge on any atom is -0.453 e. The molecule has 2 bridgehead atoms. The molecular formula is C26H35N5O4. The number of nitrogens with one attached hydrogen (secondary N) is 3. The van der Waals surface area contributed by atoms with Gasteiger partial charge in [-0.25, -0.2) is 4.79 Å². The number of hydrogen-bond acceptors (Lipinski definition) is 7. The summed E-state index contributed by atoms with van der Waals surface area (Å²) in [6.07, 6.45) is 5.56. The van der Waals surface area contributed by atoms with Crippen molar-refractivity contribution in [2.75, 3.05) is 37.5 Å². The lowest BCUT2D eigenvalue weighted by molar-refractivity contribution is -0.127. The van der Waals surface area contributed by atoms with E-state index in [9.17, 15) is 9.59 Å². The summed E-state index contributed by atoms with van der Waals surface area (Å²) in [5.41, 5.74) is 10.4. The normalized spacial score (nSPS) is 21.5. The van der Waals surface area contributed by atoms with Crippen molar-refractivity contribution in [3.8, 4) is 11.1 Å². The second-order valence-corrected chi connectivity index (χ2v) is 9.81. The van der Waals surface area contributed by atoms with Crippen LogP contribution >= 0.6 is 0 Å². The van der Waals surface area contributed by atoms with E-state index in [4.69, 9.17) is 15.2 Å². The van der Waals surface area contributed by atoms with E-state index < -0.39 is 12.1 Å². The maximum Gasteiger partial charge on any atom is 0.411 e. The Morgan fingerprint density at radius 1 is 1.20 bits per heavy atom.